The zero-order valence-electron chi connectivity index (χ0n) is 9.43. The Balaban J connectivity index is 2.81. The molecule has 94 valence electrons. The van der Waals surface area contributed by atoms with Crippen molar-refractivity contribution in [3.63, 3.8) is 0 Å². The van der Waals surface area contributed by atoms with E-state index in [1.165, 1.54) is 0 Å². The molecular weight excluding hydrogens is 258 g/mol. The highest BCUT2D eigenvalue weighted by atomic mass is 32.2. The molecule has 0 saturated carbocycles. The fourth-order valence-electron chi connectivity index (χ4n) is 1.30. The molecule has 0 aromatic heterocycles. The second-order valence-electron chi connectivity index (χ2n) is 3.49. The maximum absolute atomic E-state index is 11.7. The summed E-state index contributed by atoms with van der Waals surface area (Å²) in [7, 11) is -3.62. The molecule has 0 bridgehead atoms. The summed E-state index contributed by atoms with van der Waals surface area (Å²) in [6.07, 6.45) is 1.95. The molecule has 1 aromatic carbocycles. The van der Waals surface area contributed by atoms with E-state index in [1.54, 1.807) is 24.3 Å². The highest BCUT2D eigenvalue weighted by molar-refractivity contribution is 7.89. The number of hydrogen-bond donors (Lipinski definition) is 3. The molecule has 0 atom stereocenters. The maximum atomic E-state index is 11.7. The van der Waals surface area contributed by atoms with Crippen molar-refractivity contribution >= 4 is 27.4 Å². The molecule has 0 aliphatic heterocycles. The summed E-state index contributed by atoms with van der Waals surface area (Å²) in [5.41, 5.74) is 8.44. The molecule has 0 saturated heterocycles. The lowest BCUT2D eigenvalue weighted by atomic mass is 10.1. The predicted octanol–water partition coefficient (Wildman–Crippen LogP) is 0.666. The van der Waals surface area contributed by atoms with Gasteiger partial charge in [-0.25, -0.2) is 8.42 Å². The molecule has 1 rings (SSSR count). The van der Waals surface area contributed by atoms with Crippen molar-refractivity contribution in [2.45, 2.75) is 24.7 Å². The van der Waals surface area contributed by atoms with Crippen LogP contribution in [-0.4, -0.2) is 13.5 Å². The monoisotopic (exact) mass is 273 g/mol. The second-order valence-corrected chi connectivity index (χ2v) is 5.61. The van der Waals surface area contributed by atoms with Crippen LogP contribution in [0.3, 0.4) is 0 Å². The van der Waals surface area contributed by atoms with E-state index in [1.807, 2.05) is 0 Å². The summed E-state index contributed by atoms with van der Waals surface area (Å²) >= 11 is 4.51. The predicted molar refractivity (Wildman–Crippen MR) is 70.7 cm³/mol. The first-order chi connectivity index (χ1) is 7.95. The molecular formula is C10H15N3O2S2. The minimum atomic E-state index is -3.62. The van der Waals surface area contributed by atoms with Crippen LogP contribution in [0.15, 0.2) is 29.2 Å². The van der Waals surface area contributed by atoms with Crippen molar-refractivity contribution in [3.05, 3.63) is 29.8 Å². The van der Waals surface area contributed by atoms with E-state index in [0.717, 1.165) is 18.4 Å². The van der Waals surface area contributed by atoms with E-state index in [4.69, 9.17) is 5.73 Å². The quantitative estimate of drug-likeness (QED) is 0.542. The first kappa shape index (κ1) is 13.9. The highest BCUT2D eigenvalue weighted by Crippen LogP contribution is 2.11. The average Bonchev–Trinajstić information content (AvgIpc) is 2.28. The zero-order chi connectivity index (χ0) is 12.9. The van der Waals surface area contributed by atoms with Crippen molar-refractivity contribution in [2.24, 2.45) is 5.73 Å². The zero-order valence-corrected chi connectivity index (χ0v) is 11.1. The fourth-order valence-corrected chi connectivity index (χ4v) is 2.27. The Kier molecular flexibility index (Phi) is 4.86. The molecule has 5 nitrogen and oxygen atoms in total. The molecule has 0 unspecified atom stereocenters. The van der Waals surface area contributed by atoms with E-state index in [-0.39, 0.29) is 10.0 Å². The van der Waals surface area contributed by atoms with Crippen LogP contribution in [-0.2, 0) is 16.4 Å². The molecule has 4 N–H and O–H groups in total. The smallest absolute Gasteiger partial charge is 0.257 e. The number of rotatable bonds is 5. The third kappa shape index (κ3) is 4.29. The lowest BCUT2D eigenvalue weighted by Gasteiger charge is -2.08. The molecule has 0 aliphatic rings. The fraction of sp³-hybridized carbons (Fsp3) is 0.300. The van der Waals surface area contributed by atoms with Crippen LogP contribution in [0.25, 0.3) is 0 Å². The van der Waals surface area contributed by atoms with Gasteiger partial charge in [0.1, 0.15) is 0 Å². The number of hydrogen-bond acceptors (Lipinski definition) is 3. The van der Waals surface area contributed by atoms with Crippen LogP contribution < -0.4 is 16.0 Å². The number of nitrogens with one attached hydrogen (secondary N) is 2. The van der Waals surface area contributed by atoms with Crippen molar-refractivity contribution in [1.82, 2.24) is 10.3 Å². The Morgan fingerprint density at radius 1 is 1.35 bits per heavy atom. The summed E-state index contributed by atoms with van der Waals surface area (Å²) < 4.78 is 23.4. The lowest BCUT2D eigenvalue weighted by Crippen LogP contribution is -2.44. The summed E-state index contributed by atoms with van der Waals surface area (Å²) in [5.74, 6) is 0. The Morgan fingerprint density at radius 2 is 1.94 bits per heavy atom. The number of sulfonamides is 1. The average molecular weight is 273 g/mol. The number of thiocarbonyl (C=S) groups is 1. The van der Waals surface area contributed by atoms with Crippen molar-refractivity contribution in [3.8, 4) is 0 Å². The Labute approximate surface area is 106 Å². The van der Waals surface area contributed by atoms with Crippen LogP contribution in [0.4, 0.5) is 0 Å². The number of nitrogens with two attached hydrogens (primary N) is 1. The van der Waals surface area contributed by atoms with E-state index in [9.17, 15) is 8.42 Å². The van der Waals surface area contributed by atoms with Gasteiger partial charge in [-0.15, -0.1) is 4.83 Å². The van der Waals surface area contributed by atoms with Gasteiger partial charge in [-0.3, -0.25) is 5.43 Å². The molecule has 7 heteroatoms. The van der Waals surface area contributed by atoms with Gasteiger partial charge in [0, 0.05) is 0 Å². The van der Waals surface area contributed by atoms with Crippen molar-refractivity contribution < 1.29 is 8.42 Å². The molecule has 0 radical (unpaired) electrons. The third-order valence-corrected chi connectivity index (χ3v) is 3.45. The molecule has 0 amide bonds. The molecule has 0 aliphatic carbocycles. The molecule has 1 aromatic rings. The SMILES string of the molecule is CCCc1ccc(S(=O)(=O)NNC(N)=S)cc1. The summed E-state index contributed by atoms with van der Waals surface area (Å²) in [4.78, 5) is 2.25. The third-order valence-electron chi connectivity index (χ3n) is 2.08. The van der Waals surface area contributed by atoms with Gasteiger partial charge in [0.15, 0.2) is 5.11 Å². The normalized spacial score (nSPS) is 11.1. The molecule has 0 fully saturated rings. The van der Waals surface area contributed by atoms with E-state index in [0.29, 0.717) is 0 Å². The van der Waals surface area contributed by atoms with Gasteiger partial charge in [-0.2, -0.15) is 0 Å². The van der Waals surface area contributed by atoms with Crippen LogP contribution in [0, 0.1) is 0 Å². The van der Waals surface area contributed by atoms with Gasteiger partial charge >= 0.3 is 0 Å². The molecule has 17 heavy (non-hydrogen) atoms. The summed E-state index contributed by atoms with van der Waals surface area (Å²) in [5, 5.41) is -0.129. The van der Waals surface area contributed by atoms with Gasteiger partial charge in [-0.05, 0) is 36.3 Å². The Hall–Kier alpha value is -1.18. The van der Waals surface area contributed by atoms with Crippen molar-refractivity contribution in [2.75, 3.05) is 0 Å². The first-order valence-corrected chi connectivity index (χ1v) is 7.01. The Morgan fingerprint density at radius 3 is 2.41 bits per heavy atom. The number of aryl methyl sites for hydroxylation is 1. The van der Waals surface area contributed by atoms with Crippen LogP contribution in [0.2, 0.25) is 0 Å². The molecule has 0 heterocycles. The van der Waals surface area contributed by atoms with Gasteiger partial charge in [-0.1, -0.05) is 25.5 Å². The summed E-state index contributed by atoms with van der Waals surface area (Å²) in [6, 6.07) is 6.68. The van der Waals surface area contributed by atoms with Crippen molar-refractivity contribution in [1.29, 1.82) is 0 Å². The van der Waals surface area contributed by atoms with Gasteiger partial charge in [0.25, 0.3) is 10.0 Å². The number of benzene rings is 1. The minimum absolute atomic E-state index is 0.129. The summed E-state index contributed by atoms with van der Waals surface area (Å²) in [6.45, 7) is 2.07. The Bertz CT molecular complexity index is 483. The topological polar surface area (TPSA) is 84.2 Å². The van der Waals surface area contributed by atoms with Gasteiger partial charge in [0.2, 0.25) is 0 Å². The van der Waals surface area contributed by atoms with Crippen LogP contribution >= 0.6 is 12.2 Å². The minimum Gasteiger partial charge on any atom is -0.375 e. The van der Waals surface area contributed by atoms with Gasteiger partial charge in [0.05, 0.1) is 4.90 Å². The van der Waals surface area contributed by atoms with Crippen LogP contribution in [0.1, 0.15) is 18.9 Å². The van der Waals surface area contributed by atoms with E-state index < -0.39 is 10.0 Å². The van der Waals surface area contributed by atoms with E-state index >= 15 is 0 Å². The highest BCUT2D eigenvalue weighted by Gasteiger charge is 2.13. The number of hydrazine groups is 1. The standard InChI is InChI=1S/C10H15N3O2S2/c1-2-3-8-4-6-9(7-5-8)17(14,15)13-12-10(11)16/h4-7,13H,2-3H2,1H3,(H3,11,12,16). The second kappa shape index (κ2) is 5.95. The van der Waals surface area contributed by atoms with Gasteiger partial charge < -0.3 is 5.73 Å². The largest absolute Gasteiger partial charge is 0.375 e. The molecule has 0 spiro atoms. The van der Waals surface area contributed by atoms with E-state index in [2.05, 4.69) is 29.4 Å². The lowest BCUT2D eigenvalue weighted by molar-refractivity contribution is 0.577. The maximum Gasteiger partial charge on any atom is 0.257 e. The van der Waals surface area contributed by atoms with Crippen LogP contribution in [0.5, 0.6) is 0 Å². The first-order valence-electron chi connectivity index (χ1n) is 5.12.